The van der Waals surface area contributed by atoms with Crippen LogP contribution >= 0.6 is 11.6 Å². The smallest absolute Gasteiger partial charge is 0.223 e. The second-order valence-corrected chi connectivity index (χ2v) is 6.18. The lowest BCUT2D eigenvalue weighted by molar-refractivity contribution is -0.124. The van der Waals surface area contributed by atoms with Gasteiger partial charge < -0.3 is 10.4 Å². The number of aliphatic hydroxyl groups excluding tert-OH is 1. The van der Waals surface area contributed by atoms with Crippen molar-refractivity contribution in [2.45, 2.75) is 38.7 Å². The summed E-state index contributed by atoms with van der Waals surface area (Å²) in [5.41, 5.74) is 1.07. The van der Waals surface area contributed by atoms with E-state index in [0.717, 1.165) is 24.8 Å². The number of aliphatic hydroxyl groups is 1. The molecule has 3 atom stereocenters. The summed E-state index contributed by atoms with van der Waals surface area (Å²) in [6.45, 7) is 2.50. The van der Waals surface area contributed by atoms with Crippen LogP contribution in [-0.4, -0.2) is 23.7 Å². The Morgan fingerprint density at radius 1 is 1.50 bits per heavy atom. The molecule has 1 amide bonds. The minimum atomic E-state index is -0.251. The molecule has 0 saturated heterocycles. The Balaban J connectivity index is 1.80. The largest absolute Gasteiger partial charge is 0.393 e. The lowest BCUT2D eigenvalue weighted by Gasteiger charge is -2.17. The second-order valence-electron chi connectivity index (χ2n) is 5.74. The molecule has 3 nitrogen and oxygen atoms in total. The first-order valence-corrected chi connectivity index (χ1v) is 7.64. The molecule has 3 unspecified atom stereocenters. The average Bonchev–Trinajstić information content (AvgIpc) is 2.81. The van der Waals surface area contributed by atoms with Gasteiger partial charge in [0, 0.05) is 23.4 Å². The van der Waals surface area contributed by atoms with Crippen molar-refractivity contribution in [3.63, 3.8) is 0 Å². The van der Waals surface area contributed by atoms with E-state index in [1.165, 1.54) is 0 Å². The van der Waals surface area contributed by atoms with Crippen molar-refractivity contribution in [1.82, 2.24) is 5.32 Å². The van der Waals surface area contributed by atoms with Gasteiger partial charge in [-0.05, 0) is 37.0 Å². The summed E-state index contributed by atoms with van der Waals surface area (Å²) in [5, 5.41) is 13.4. The molecule has 1 aliphatic rings. The van der Waals surface area contributed by atoms with Crippen LogP contribution in [-0.2, 0) is 11.2 Å². The summed E-state index contributed by atoms with van der Waals surface area (Å²) >= 11 is 5.94. The fourth-order valence-corrected chi connectivity index (χ4v) is 2.98. The maximum Gasteiger partial charge on any atom is 0.223 e. The number of nitrogens with one attached hydrogen (secondary N) is 1. The Labute approximate surface area is 125 Å². The van der Waals surface area contributed by atoms with E-state index in [0.29, 0.717) is 18.0 Å². The molecular weight excluding hydrogens is 274 g/mol. The zero-order valence-electron chi connectivity index (χ0n) is 11.8. The van der Waals surface area contributed by atoms with Crippen molar-refractivity contribution in [3.8, 4) is 0 Å². The second kappa shape index (κ2) is 7.09. The summed E-state index contributed by atoms with van der Waals surface area (Å²) in [7, 11) is 0. The summed E-state index contributed by atoms with van der Waals surface area (Å²) in [6, 6.07) is 7.61. The molecule has 0 spiro atoms. The Morgan fingerprint density at radius 3 is 2.95 bits per heavy atom. The van der Waals surface area contributed by atoms with E-state index in [-0.39, 0.29) is 23.8 Å². The van der Waals surface area contributed by atoms with Gasteiger partial charge in [0.2, 0.25) is 5.91 Å². The van der Waals surface area contributed by atoms with Crippen molar-refractivity contribution in [2.24, 2.45) is 11.8 Å². The summed E-state index contributed by atoms with van der Waals surface area (Å²) < 4.78 is 0. The number of benzene rings is 1. The third-order valence-corrected chi connectivity index (χ3v) is 4.27. The fraction of sp³-hybridized carbons (Fsp3) is 0.562. The molecule has 0 bridgehead atoms. The van der Waals surface area contributed by atoms with Crippen LogP contribution in [0, 0.1) is 11.8 Å². The quantitative estimate of drug-likeness (QED) is 0.877. The summed E-state index contributed by atoms with van der Waals surface area (Å²) in [5.74, 6) is 0.174. The first kappa shape index (κ1) is 15.3. The molecule has 0 aromatic heterocycles. The number of hydrogen-bond donors (Lipinski definition) is 2. The maximum absolute atomic E-state index is 12.1. The average molecular weight is 296 g/mol. The number of rotatable bonds is 5. The molecule has 4 heteroatoms. The van der Waals surface area contributed by atoms with E-state index in [1.807, 2.05) is 31.2 Å². The van der Waals surface area contributed by atoms with E-state index in [1.54, 1.807) is 0 Å². The van der Waals surface area contributed by atoms with Gasteiger partial charge in [-0.3, -0.25) is 4.79 Å². The first-order chi connectivity index (χ1) is 9.56. The number of halogens is 1. The van der Waals surface area contributed by atoms with Gasteiger partial charge >= 0.3 is 0 Å². The van der Waals surface area contributed by atoms with E-state index in [9.17, 15) is 9.90 Å². The van der Waals surface area contributed by atoms with Crippen LogP contribution in [0.25, 0.3) is 0 Å². The molecule has 1 aliphatic carbocycles. The van der Waals surface area contributed by atoms with Crippen LogP contribution in [0.5, 0.6) is 0 Å². The van der Waals surface area contributed by atoms with Crippen LogP contribution in [0.3, 0.4) is 0 Å². The highest BCUT2D eigenvalue weighted by Gasteiger charge is 2.26. The van der Waals surface area contributed by atoms with Gasteiger partial charge in [0.15, 0.2) is 0 Å². The Kier molecular flexibility index (Phi) is 5.44. The molecule has 0 radical (unpaired) electrons. The SMILES string of the molecule is CC(Cc1cccc(Cl)c1)C(=O)NCC1CCCC1O. The number of hydrogen-bond acceptors (Lipinski definition) is 2. The molecule has 110 valence electrons. The van der Waals surface area contributed by atoms with Gasteiger partial charge in [0.05, 0.1) is 6.10 Å². The standard InChI is InChI=1S/C16H22ClNO2/c1-11(8-12-4-2-6-14(17)9-12)16(20)18-10-13-5-3-7-15(13)19/h2,4,6,9,11,13,15,19H,3,5,7-8,10H2,1H3,(H,18,20). The predicted molar refractivity (Wildman–Crippen MR) is 80.7 cm³/mol. The monoisotopic (exact) mass is 295 g/mol. The van der Waals surface area contributed by atoms with E-state index in [4.69, 9.17) is 11.6 Å². The maximum atomic E-state index is 12.1. The lowest BCUT2D eigenvalue weighted by Crippen LogP contribution is -2.36. The lowest BCUT2D eigenvalue weighted by atomic mass is 9.99. The zero-order valence-corrected chi connectivity index (χ0v) is 12.6. The third-order valence-electron chi connectivity index (χ3n) is 4.04. The molecule has 20 heavy (non-hydrogen) atoms. The molecular formula is C16H22ClNO2. The van der Waals surface area contributed by atoms with Crippen LogP contribution in [0.2, 0.25) is 5.02 Å². The van der Waals surface area contributed by atoms with Gasteiger partial charge in [-0.25, -0.2) is 0 Å². The van der Waals surface area contributed by atoms with Gasteiger partial charge in [-0.15, -0.1) is 0 Å². The minimum Gasteiger partial charge on any atom is -0.393 e. The first-order valence-electron chi connectivity index (χ1n) is 7.26. The van der Waals surface area contributed by atoms with Crippen molar-refractivity contribution in [2.75, 3.05) is 6.54 Å². The van der Waals surface area contributed by atoms with Crippen molar-refractivity contribution in [3.05, 3.63) is 34.9 Å². The van der Waals surface area contributed by atoms with Crippen LogP contribution in [0.15, 0.2) is 24.3 Å². The molecule has 0 heterocycles. The summed E-state index contributed by atoms with van der Waals surface area (Å²) in [6.07, 6.45) is 3.35. The van der Waals surface area contributed by atoms with Gasteiger partial charge in [0.25, 0.3) is 0 Å². The molecule has 1 aromatic carbocycles. The number of carbonyl (C=O) groups excluding carboxylic acids is 1. The third kappa shape index (κ3) is 4.22. The summed E-state index contributed by atoms with van der Waals surface area (Å²) in [4.78, 5) is 12.1. The molecule has 1 fully saturated rings. The van der Waals surface area contributed by atoms with Crippen LogP contribution < -0.4 is 5.32 Å². The molecule has 1 saturated carbocycles. The molecule has 0 aliphatic heterocycles. The molecule has 2 rings (SSSR count). The Bertz CT molecular complexity index is 464. The van der Waals surface area contributed by atoms with Crippen molar-refractivity contribution < 1.29 is 9.90 Å². The topological polar surface area (TPSA) is 49.3 Å². The molecule has 1 aromatic rings. The normalized spacial score (nSPS) is 23.6. The molecule has 2 N–H and O–H groups in total. The van der Waals surface area contributed by atoms with E-state index in [2.05, 4.69) is 5.32 Å². The Hall–Kier alpha value is -1.06. The highest BCUT2D eigenvalue weighted by atomic mass is 35.5. The zero-order chi connectivity index (χ0) is 14.5. The van der Waals surface area contributed by atoms with E-state index < -0.39 is 0 Å². The highest BCUT2D eigenvalue weighted by Crippen LogP contribution is 2.24. The van der Waals surface area contributed by atoms with Crippen LogP contribution in [0.4, 0.5) is 0 Å². The van der Waals surface area contributed by atoms with Crippen molar-refractivity contribution in [1.29, 1.82) is 0 Å². The van der Waals surface area contributed by atoms with Gasteiger partial charge in [0.1, 0.15) is 0 Å². The highest BCUT2D eigenvalue weighted by molar-refractivity contribution is 6.30. The van der Waals surface area contributed by atoms with Crippen molar-refractivity contribution >= 4 is 17.5 Å². The van der Waals surface area contributed by atoms with Gasteiger partial charge in [-0.2, -0.15) is 0 Å². The Morgan fingerprint density at radius 2 is 2.30 bits per heavy atom. The predicted octanol–water partition coefficient (Wildman–Crippen LogP) is 2.80. The number of amides is 1. The number of carbonyl (C=O) groups is 1. The van der Waals surface area contributed by atoms with E-state index >= 15 is 0 Å². The van der Waals surface area contributed by atoms with Crippen LogP contribution in [0.1, 0.15) is 31.7 Å². The fourth-order valence-electron chi connectivity index (χ4n) is 2.77. The van der Waals surface area contributed by atoms with Gasteiger partial charge in [-0.1, -0.05) is 37.1 Å². The minimum absolute atomic E-state index is 0.0454.